The molecule has 0 saturated carbocycles. The molecule has 1 unspecified atom stereocenters. The molecule has 2 saturated heterocycles. The Balaban J connectivity index is 1.58. The highest BCUT2D eigenvalue weighted by atomic mass is 19.1. The SMILES string of the molecule is CCC(F)=C1CCN(c2ccc(NC3CCC(=O)NC3=O)cc2)CC1. The molecule has 0 radical (unpaired) electrons. The molecule has 1 aromatic carbocycles. The van der Waals surface area contributed by atoms with E-state index in [1.54, 1.807) is 0 Å². The number of nitrogens with zero attached hydrogens (tertiary/aromatic N) is 1. The molecule has 0 bridgehead atoms. The van der Waals surface area contributed by atoms with Gasteiger partial charge in [-0.25, -0.2) is 4.39 Å². The van der Waals surface area contributed by atoms with Crippen LogP contribution >= 0.6 is 0 Å². The van der Waals surface area contributed by atoms with E-state index < -0.39 is 0 Å². The van der Waals surface area contributed by atoms with Gasteiger partial charge in [0.1, 0.15) is 6.04 Å². The van der Waals surface area contributed by atoms with E-state index in [9.17, 15) is 14.0 Å². The third-order valence-electron chi connectivity index (χ3n) is 4.87. The molecule has 2 aliphatic heterocycles. The number of carbonyl (C=O) groups is 2. The number of allylic oxidation sites excluding steroid dienone is 1. The maximum absolute atomic E-state index is 13.7. The Hall–Kier alpha value is -2.37. The number of benzene rings is 1. The topological polar surface area (TPSA) is 61.4 Å². The van der Waals surface area contributed by atoms with Crippen LogP contribution in [0, 0.1) is 0 Å². The van der Waals surface area contributed by atoms with Gasteiger partial charge in [0.25, 0.3) is 0 Å². The molecular weight excluding hydrogens is 321 g/mol. The summed E-state index contributed by atoms with van der Waals surface area (Å²) in [6, 6.07) is 7.54. The molecule has 2 fully saturated rings. The van der Waals surface area contributed by atoms with Crippen molar-refractivity contribution >= 4 is 23.2 Å². The van der Waals surface area contributed by atoms with Gasteiger partial charge in [-0.1, -0.05) is 6.92 Å². The van der Waals surface area contributed by atoms with E-state index in [4.69, 9.17) is 0 Å². The molecule has 5 nitrogen and oxygen atoms in total. The number of rotatable bonds is 4. The minimum absolute atomic E-state index is 0.0449. The number of hydrogen-bond donors (Lipinski definition) is 2. The summed E-state index contributed by atoms with van der Waals surface area (Å²) in [4.78, 5) is 25.2. The predicted molar refractivity (Wildman–Crippen MR) is 96.1 cm³/mol. The van der Waals surface area contributed by atoms with E-state index in [1.165, 1.54) is 0 Å². The highest BCUT2D eigenvalue weighted by molar-refractivity contribution is 6.01. The lowest BCUT2D eigenvalue weighted by Crippen LogP contribution is -2.47. The highest BCUT2D eigenvalue weighted by Crippen LogP contribution is 2.27. The van der Waals surface area contributed by atoms with Crippen LogP contribution in [0.1, 0.15) is 39.0 Å². The first-order valence-corrected chi connectivity index (χ1v) is 8.88. The van der Waals surface area contributed by atoms with Crippen LogP contribution in [0.25, 0.3) is 0 Å². The van der Waals surface area contributed by atoms with Crippen LogP contribution in [-0.4, -0.2) is 30.9 Å². The Morgan fingerprint density at radius 2 is 1.88 bits per heavy atom. The molecule has 6 heteroatoms. The quantitative estimate of drug-likeness (QED) is 0.823. The standard InChI is InChI=1S/C19H24FN3O2/c1-2-16(20)13-9-11-23(12-10-13)15-5-3-14(4-6-15)21-17-7-8-18(24)22-19(17)25/h3-6,17,21H,2,7-12H2,1H3,(H,22,24,25). The van der Waals surface area contributed by atoms with Gasteiger partial charge in [-0.05, 0) is 55.5 Å². The van der Waals surface area contributed by atoms with E-state index in [0.717, 1.165) is 42.9 Å². The molecule has 2 heterocycles. The molecule has 2 amide bonds. The van der Waals surface area contributed by atoms with Crippen molar-refractivity contribution in [2.75, 3.05) is 23.3 Å². The van der Waals surface area contributed by atoms with Crippen molar-refractivity contribution in [3.05, 3.63) is 35.7 Å². The summed E-state index contributed by atoms with van der Waals surface area (Å²) in [5.41, 5.74) is 2.91. The lowest BCUT2D eigenvalue weighted by Gasteiger charge is -2.31. The van der Waals surface area contributed by atoms with E-state index in [-0.39, 0.29) is 23.7 Å². The van der Waals surface area contributed by atoms with Crippen molar-refractivity contribution < 1.29 is 14.0 Å². The zero-order chi connectivity index (χ0) is 17.8. The van der Waals surface area contributed by atoms with Crippen molar-refractivity contribution in [3.8, 4) is 0 Å². The Morgan fingerprint density at radius 1 is 1.20 bits per heavy atom. The second-order valence-corrected chi connectivity index (χ2v) is 6.54. The summed E-state index contributed by atoms with van der Waals surface area (Å²) in [6.07, 6.45) is 2.90. The van der Waals surface area contributed by atoms with Crippen molar-refractivity contribution in [3.63, 3.8) is 0 Å². The number of anilines is 2. The molecule has 1 atom stereocenters. The first-order valence-electron chi connectivity index (χ1n) is 8.88. The van der Waals surface area contributed by atoms with Gasteiger partial charge < -0.3 is 10.2 Å². The van der Waals surface area contributed by atoms with Crippen LogP contribution in [0.15, 0.2) is 35.7 Å². The molecule has 134 valence electrons. The zero-order valence-corrected chi connectivity index (χ0v) is 14.5. The van der Waals surface area contributed by atoms with Gasteiger partial charge in [0.15, 0.2) is 0 Å². The summed E-state index contributed by atoms with van der Waals surface area (Å²) in [5, 5.41) is 5.52. The van der Waals surface area contributed by atoms with Gasteiger partial charge >= 0.3 is 0 Å². The van der Waals surface area contributed by atoms with Gasteiger partial charge in [-0.15, -0.1) is 0 Å². The molecule has 2 aliphatic rings. The van der Waals surface area contributed by atoms with E-state index in [0.29, 0.717) is 19.3 Å². The highest BCUT2D eigenvalue weighted by Gasteiger charge is 2.26. The summed E-state index contributed by atoms with van der Waals surface area (Å²) < 4.78 is 13.7. The first kappa shape index (κ1) is 17.5. The van der Waals surface area contributed by atoms with E-state index in [1.807, 2.05) is 31.2 Å². The fourth-order valence-corrected chi connectivity index (χ4v) is 3.36. The Kier molecular flexibility index (Phi) is 5.36. The van der Waals surface area contributed by atoms with Crippen LogP contribution in [0.2, 0.25) is 0 Å². The molecule has 25 heavy (non-hydrogen) atoms. The largest absolute Gasteiger partial charge is 0.374 e. The normalized spacial score (nSPS) is 21.1. The second-order valence-electron chi connectivity index (χ2n) is 6.54. The first-order chi connectivity index (χ1) is 12.1. The molecule has 0 spiro atoms. The number of halogens is 1. The van der Waals surface area contributed by atoms with Crippen LogP contribution in [0.3, 0.4) is 0 Å². The van der Waals surface area contributed by atoms with Crippen molar-refractivity contribution in [1.29, 1.82) is 0 Å². The molecule has 0 aliphatic carbocycles. The molecule has 0 aromatic heterocycles. The minimum Gasteiger partial charge on any atom is -0.374 e. The average Bonchev–Trinajstić information content (AvgIpc) is 2.64. The maximum atomic E-state index is 13.7. The molecular formula is C19H24FN3O2. The van der Waals surface area contributed by atoms with Gasteiger partial charge in [0, 0.05) is 30.9 Å². The lowest BCUT2D eigenvalue weighted by atomic mass is 10.0. The lowest BCUT2D eigenvalue weighted by molar-refractivity contribution is -0.133. The second kappa shape index (κ2) is 7.68. The Labute approximate surface area is 147 Å². The molecule has 3 rings (SSSR count). The summed E-state index contributed by atoms with van der Waals surface area (Å²) in [6.45, 7) is 3.49. The van der Waals surface area contributed by atoms with Crippen LogP contribution < -0.4 is 15.5 Å². The number of piperidine rings is 2. The molecule has 1 aromatic rings. The number of amides is 2. The Bertz CT molecular complexity index is 674. The van der Waals surface area contributed by atoms with Crippen LogP contribution in [0.4, 0.5) is 15.8 Å². The maximum Gasteiger partial charge on any atom is 0.249 e. The van der Waals surface area contributed by atoms with Crippen LogP contribution in [0.5, 0.6) is 0 Å². The van der Waals surface area contributed by atoms with Gasteiger partial charge in [0.05, 0.1) is 5.83 Å². The summed E-state index contributed by atoms with van der Waals surface area (Å²) >= 11 is 0. The number of hydrogen-bond acceptors (Lipinski definition) is 4. The fraction of sp³-hybridized carbons (Fsp3) is 0.474. The zero-order valence-electron chi connectivity index (χ0n) is 14.5. The van der Waals surface area contributed by atoms with E-state index in [2.05, 4.69) is 15.5 Å². The number of imide groups is 1. The number of carbonyl (C=O) groups excluding carboxylic acids is 2. The Morgan fingerprint density at radius 3 is 2.48 bits per heavy atom. The fourth-order valence-electron chi connectivity index (χ4n) is 3.36. The van der Waals surface area contributed by atoms with Crippen LogP contribution in [-0.2, 0) is 9.59 Å². The third kappa shape index (κ3) is 4.18. The third-order valence-corrected chi connectivity index (χ3v) is 4.87. The van der Waals surface area contributed by atoms with Crippen molar-refractivity contribution in [2.24, 2.45) is 0 Å². The van der Waals surface area contributed by atoms with Gasteiger partial charge in [0.2, 0.25) is 11.8 Å². The monoisotopic (exact) mass is 345 g/mol. The smallest absolute Gasteiger partial charge is 0.249 e. The van der Waals surface area contributed by atoms with Crippen molar-refractivity contribution in [2.45, 2.75) is 45.1 Å². The van der Waals surface area contributed by atoms with Gasteiger partial charge in [-0.2, -0.15) is 0 Å². The number of nitrogens with one attached hydrogen (secondary N) is 2. The average molecular weight is 345 g/mol. The minimum atomic E-state index is -0.372. The summed E-state index contributed by atoms with van der Waals surface area (Å²) in [7, 11) is 0. The predicted octanol–water partition coefficient (Wildman–Crippen LogP) is 3.14. The van der Waals surface area contributed by atoms with Crippen molar-refractivity contribution in [1.82, 2.24) is 5.32 Å². The van der Waals surface area contributed by atoms with Gasteiger partial charge in [-0.3, -0.25) is 14.9 Å². The summed E-state index contributed by atoms with van der Waals surface area (Å²) in [5.74, 6) is -0.437. The van der Waals surface area contributed by atoms with E-state index >= 15 is 0 Å². The molecule has 2 N–H and O–H groups in total.